The third-order valence-electron chi connectivity index (χ3n) is 12.5. The molecule has 0 radical (unpaired) electrons. The molecule has 2 aromatic heterocycles. The monoisotopic (exact) mass is 851 g/mol. The number of piperazine rings is 1. The van der Waals surface area contributed by atoms with Gasteiger partial charge in [0.25, 0.3) is 11.8 Å². The molecule has 18 heteroatoms. The number of carbonyl (C=O) groups is 5. The summed E-state index contributed by atoms with van der Waals surface area (Å²) in [5, 5.41) is 26.4. The first-order chi connectivity index (χ1) is 29.9. The normalized spacial score (nSPS) is 19.3. The van der Waals surface area contributed by atoms with Gasteiger partial charge in [-0.3, -0.25) is 34.3 Å². The van der Waals surface area contributed by atoms with E-state index in [1.165, 1.54) is 6.07 Å². The summed E-state index contributed by atoms with van der Waals surface area (Å²) in [6.45, 7) is 11.3. The number of carbonyl (C=O) groups excluding carboxylic acids is 5. The number of likely N-dealkylation sites (tertiary alicyclic amines) is 1. The van der Waals surface area contributed by atoms with Crippen LogP contribution in [0.1, 0.15) is 90.6 Å². The second-order valence-corrected chi connectivity index (χ2v) is 16.9. The maximum atomic E-state index is 15.5. The maximum Gasteiger partial charge on any atom is 0.321 e. The van der Waals surface area contributed by atoms with E-state index in [4.69, 9.17) is 4.98 Å². The molecule has 2 aromatic carbocycles. The van der Waals surface area contributed by atoms with Crippen LogP contribution in [0.4, 0.5) is 32.2 Å². The number of benzene rings is 2. The average molecular weight is 852 g/mol. The number of halogens is 1. The number of urea groups is 1. The lowest BCUT2D eigenvalue weighted by Gasteiger charge is -2.39. The van der Waals surface area contributed by atoms with E-state index in [2.05, 4.69) is 45.1 Å². The van der Waals surface area contributed by atoms with E-state index in [9.17, 15) is 29.1 Å². The summed E-state index contributed by atoms with van der Waals surface area (Å²) in [4.78, 5) is 75.5. The van der Waals surface area contributed by atoms with Crippen molar-refractivity contribution in [3.63, 3.8) is 0 Å². The Morgan fingerprint density at radius 1 is 0.952 bits per heavy atom. The Kier molecular flexibility index (Phi) is 12.4. The lowest BCUT2D eigenvalue weighted by atomic mass is 9.96. The molecule has 6 heterocycles. The van der Waals surface area contributed by atoms with Crippen molar-refractivity contribution < 1.29 is 33.5 Å². The van der Waals surface area contributed by atoms with Gasteiger partial charge in [-0.25, -0.2) is 14.2 Å². The number of aliphatic hydroxyl groups is 1. The van der Waals surface area contributed by atoms with Crippen LogP contribution in [0.3, 0.4) is 0 Å². The molecule has 2 atom stereocenters. The van der Waals surface area contributed by atoms with E-state index in [0.29, 0.717) is 63.2 Å². The van der Waals surface area contributed by atoms with Crippen molar-refractivity contribution in [2.45, 2.75) is 77.4 Å². The summed E-state index contributed by atoms with van der Waals surface area (Å²) >= 11 is 0. The van der Waals surface area contributed by atoms with Crippen molar-refractivity contribution >= 4 is 58.3 Å². The lowest BCUT2D eigenvalue weighted by molar-refractivity contribution is -0.136. The van der Waals surface area contributed by atoms with E-state index in [-0.39, 0.29) is 54.3 Å². The van der Waals surface area contributed by atoms with Crippen molar-refractivity contribution in [1.82, 2.24) is 34.6 Å². The van der Waals surface area contributed by atoms with Crippen LogP contribution >= 0.6 is 0 Å². The van der Waals surface area contributed by atoms with Gasteiger partial charge in [-0.05, 0) is 67.3 Å². The van der Waals surface area contributed by atoms with Gasteiger partial charge >= 0.3 is 6.03 Å². The predicted octanol–water partition coefficient (Wildman–Crippen LogP) is 4.25. The topological polar surface area (TPSA) is 197 Å². The summed E-state index contributed by atoms with van der Waals surface area (Å²) < 4.78 is 17.3. The number of hydrogen-bond donors (Lipinski definition) is 5. The van der Waals surface area contributed by atoms with Gasteiger partial charge in [0.2, 0.25) is 11.8 Å². The van der Waals surface area contributed by atoms with E-state index in [0.717, 1.165) is 59.4 Å². The first kappa shape index (κ1) is 42.5. The minimum Gasteiger partial charge on any atom is -0.394 e. The molecule has 328 valence electrons. The van der Waals surface area contributed by atoms with Crippen LogP contribution < -0.4 is 26.2 Å². The molecule has 5 N–H and O–H groups in total. The summed E-state index contributed by atoms with van der Waals surface area (Å²) in [6.07, 6.45) is 4.37. The molecule has 3 fully saturated rings. The number of imide groups is 2. The number of aromatic nitrogens is 3. The van der Waals surface area contributed by atoms with Crippen LogP contribution in [0, 0.1) is 11.7 Å². The fourth-order valence-electron chi connectivity index (χ4n) is 8.75. The average Bonchev–Trinajstić information content (AvgIpc) is 3.80. The summed E-state index contributed by atoms with van der Waals surface area (Å²) in [5.74, 6) is -1.08. The molecular formula is C44H54FN11O6. The molecule has 0 saturated carbocycles. The second kappa shape index (κ2) is 18.1. The van der Waals surface area contributed by atoms with Gasteiger partial charge in [-0.15, -0.1) is 0 Å². The predicted molar refractivity (Wildman–Crippen MR) is 231 cm³/mol. The minimum atomic E-state index is -1.11. The molecule has 0 spiro atoms. The third-order valence-corrected chi connectivity index (χ3v) is 12.5. The molecular weight excluding hydrogens is 798 g/mol. The smallest absolute Gasteiger partial charge is 0.321 e. The fraction of sp³-hybridized carbons (Fsp3) is 0.477. The van der Waals surface area contributed by atoms with Gasteiger partial charge in [-0.2, -0.15) is 9.61 Å². The Labute approximate surface area is 359 Å². The van der Waals surface area contributed by atoms with Crippen LogP contribution in [0.5, 0.6) is 0 Å². The van der Waals surface area contributed by atoms with Crippen LogP contribution in [-0.2, 0) is 16.1 Å². The Morgan fingerprint density at radius 2 is 1.66 bits per heavy atom. The van der Waals surface area contributed by atoms with Crippen molar-refractivity contribution in [2.75, 3.05) is 73.3 Å². The molecule has 17 nitrogen and oxygen atoms in total. The zero-order chi connectivity index (χ0) is 43.7. The van der Waals surface area contributed by atoms with Crippen LogP contribution in [-0.4, -0.2) is 129 Å². The molecule has 4 aliphatic rings. The quantitative estimate of drug-likeness (QED) is 0.120. The molecule has 4 aromatic rings. The number of aliphatic hydroxyl groups excluding tert-OH is 1. The maximum absolute atomic E-state index is 15.5. The zero-order valence-electron chi connectivity index (χ0n) is 35.3. The van der Waals surface area contributed by atoms with Crippen LogP contribution in [0.2, 0.25) is 0 Å². The number of hydrogen-bond acceptors (Lipinski definition) is 12. The van der Waals surface area contributed by atoms with Crippen LogP contribution in [0.25, 0.3) is 5.65 Å². The number of piperidine rings is 2. The Balaban J connectivity index is 0.792. The first-order valence-electron chi connectivity index (χ1n) is 21.6. The lowest BCUT2D eigenvalue weighted by Crippen LogP contribution is -2.54. The Hall–Kier alpha value is -6.14. The fourth-order valence-corrected chi connectivity index (χ4v) is 8.75. The number of anilines is 4. The minimum absolute atomic E-state index is 0.00425. The second-order valence-electron chi connectivity index (χ2n) is 16.9. The van der Waals surface area contributed by atoms with Gasteiger partial charge in [0.05, 0.1) is 35.7 Å². The third kappa shape index (κ3) is 8.79. The number of rotatable bonds is 13. The largest absolute Gasteiger partial charge is 0.394 e. The van der Waals surface area contributed by atoms with Crippen molar-refractivity contribution in [2.24, 2.45) is 5.92 Å². The molecule has 3 saturated heterocycles. The van der Waals surface area contributed by atoms with Crippen molar-refractivity contribution in [3.8, 4) is 0 Å². The van der Waals surface area contributed by atoms with Gasteiger partial charge < -0.3 is 30.9 Å². The molecule has 0 bridgehead atoms. The van der Waals surface area contributed by atoms with Gasteiger partial charge in [0.15, 0.2) is 5.65 Å². The zero-order valence-corrected chi connectivity index (χ0v) is 35.3. The number of amides is 6. The number of fused-ring (bicyclic) bond motifs is 2. The van der Waals surface area contributed by atoms with Crippen LogP contribution in [0.15, 0.2) is 48.7 Å². The molecule has 4 aliphatic heterocycles. The van der Waals surface area contributed by atoms with Gasteiger partial charge in [0, 0.05) is 76.1 Å². The van der Waals surface area contributed by atoms with E-state index in [1.54, 1.807) is 4.52 Å². The summed E-state index contributed by atoms with van der Waals surface area (Å²) in [5.41, 5.74) is 3.75. The van der Waals surface area contributed by atoms with Crippen molar-refractivity contribution in [3.05, 3.63) is 76.7 Å². The Bertz CT molecular complexity index is 2350. The molecule has 6 amide bonds. The Morgan fingerprint density at radius 3 is 2.32 bits per heavy atom. The molecule has 8 rings (SSSR count). The highest BCUT2D eigenvalue weighted by molar-refractivity contribution is 6.23. The SMILES string of the molecule is CC[C@@H](CO)Nc1cc(NCc2ccc(NC(=O)N3CCC(CN4CCN(c5cc6c(cc5F)C(=O)N(C5CCC(=O)NC5=O)C6=O)CC4)CC3)cc2)n2ncc(C(C)C)c2n1. The summed E-state index contributed by atoms with van der Waals surface area (Å²) in [7, 11) is 0. The van der Waals surface area contributed by atoms with Gasteiger partial charge in [0.1, 0.15) is 23.5 Å². The van der Waals surface area contributed by atoms with Gasteiger partial charge in [-0.1, -0.05) is 32.9 Å². The highest BCUT2D eigenvalue weighted by Gasteiger charge is 2.45. The highest BCUT2D eigenvalue weighted by Crippen LogP contribution is 2.34. The first-order valence-corrected chi connectivity index (χ1v) is 21.6. The highest BCUT2D eigenvalue weighted by atomic mass is 19.1. The molecule has 0 aliphatic carbocycles. The molecule has 1 unspecified atom stereocenters. The van der Waals surface area contributed by atoms with Crippen molar-refractivity contribution in [1.29, 1.82) is 0 Å². The number of nitrogens with one attached hydrogen (secondary N) is 4. The van der Waals surface area contributed by atoms with E-state index < -0.39 is 35.5 Å². The number of nitrogens with zero attached hydrogens (tertiary/aromatic N) is 7. The molecule has 62 heavy (non-hydrogen) atoms. The van der Waals surface area contributed by atoms with E-state index in [1.807, 2.05) is 53.3 Å². The van der Waals surface area contributed by atoms with E-state index >= 15 is 4.39 Å². The standard InChI is InChI=1S/C44H54FN11O6/c1-4-29(25-57)48-37-21-38(56-40(50-37)33(23-47-56)26(2)3)46-22-27-5-7-30(8-6-27)49-44(62)54-13-11-28(12-14-54)24-52-15-17-53(18-16-52)36-20-32-31(19-34(36)45)42(60)55(43(32)61)35-9-10-39(58)51-41(35)59/h5-8,19-21,23,26,28-29,35,46,57H,4,9-18,22,24-25H2,1-3H3,(H,48,50)(H,49,62)(H,51,58,59)/t29-,35?/m0/s1. The summed E-state index contributed by atoms with van der Waals surface area (Å²) in [6, 6.07) is 10.8.